The van der Waals surface area contributed by atoms with Crippen molar-refractivity contribution >= 4 is 5.78 Å². The zero-order valence-corrected chi connectivity index (χ0v) is 8.97. The van der Waals surface area contributed by atoms with Gasteiger partial charge < -0.3 is 10.4 Å². The number of rotatable bonds is 5. The number of ketones is 1. The van der Waals surface area contributed by atoms with E-state index in [1.165, 1.54) is 0 Å². The van der Waals surface area contributed by atoms with Gasteiger partial charge in [0.25, 0.3) is 0 Å². The molecule has 14 heavy (non-hydrogen) atoms. The first-order valence-electron chi connectivity index (χ1n) is 5.23. The van der Waals surface area contributed by atoms with E-state index in [1.54, 1.807) is 6.08 Å². The molecule has 1 aliphatic carbocycles. The van der Waals surface area contributed by atoms with Gasteiger partial charge in [-0.3, -0.25) is 4.79 Å². The van der Waals surface area contributed by atoms with Gasteiger partial charge in [-0.25, -0.2) is 0 Å². The van der Waals surface area contributed by atoms with Crippen molar-refractivity contribution in [1.29, 1.82) is 0 Å². The van der Waals surface area contributed by atoms with Crippen molar-refractivity contribution < 1.29 is 9.90 Å². The SMILES string of the molecule is CCCC(C)(O)CNC1=CC(=O)CC1. The molecule has 1 rings (SSSR count). The first kappa shape index (κ1) is 11.2. The summed E-state index contributed by atoms with van der Waals surface area (Å²) in [5.74, 6) is 0.183. The molecule has 0 aromatic heterocycles. The van der Waals surface area contributed by atoms with Crippen molar-refractivity contribution in [2.24, 2.45) is 0 Å². The van der Waals surface area contributed by atoms with Crippen LogP contribution in [0.15, 0.2) is 11.8 Å². The Morgan fingerprint density at radius 3 is 2.79 bits per heavy atom. The summed E-state index contributed by atoms with van der Waals surface area (Å²) in [6.45, 7) is 4.40. The number of hydrogen-bond donors (Lipinski definition) is 2. The lowest BCUT2D eigenvalue weighted by atomic mass is 10.0. The molecule has 0 saturated heterocycles. The number of allylic oxidation sites excluding steroid dienone is 2. The van der Waals surface area contributed by atoms with Gasteiger partial charge in [-0.2, -0.15) is 0 Å². The van der Waals surface area contributed by atoms with Crippen LogP contribution in [0.2, 0.25) is 0 Å². The van der Waals surface area contributed by atoms with Gasteiger partial charge >= 0.3 is 0 Å². The van der Waals surface area contributed by atoms with Crippen molar-refractivity contribution in [3.8, 4) is 0 Å². The molecule has 0 amide bonds. The number of aliphatic hydroxyl groups is 1. The Kier molecular flexibility index (Phi) is 3.69. The molecular weight excluding hydrogens is 178 g/mol. The van der Waals surface area contributed by atoms with Crippen LogP contribution in [-0.2, 0) is 4.79 Å². The molecule has 1 atom stereocenters. The highest BCUT2D eigenvalue weighted by molar-refractivity contribution is 5.92. The third-order valence-corrected chi connectivity index (χ3v) is 2.46. The van der Waals surface area contributed by atoms with Crippen molar-refractivity contribution in [2.75, 3.05) is 6.54 Å². The summed E-state index contributed by atoms with van der Waals surface area (Å²) in [5, 5.41) is 13.0. The summed E-state index contributed by atoms with van der Waals surface area (Å²) in [5.41, 5.74) is 0.299. The third-order valence-electron chi connectivity index (χ3n) is 2.46. The van der Waals surface area contributed by atoms with E-state index < -0.39 is 5.60 Å². The van der Waals surface area contributed by atoms with E-state index in [4.69, 9.17) is 0 Å². The topological polar surface area (TPSA) is 49.3 Å². The van der Waals surface area contributed by atoms with Crippen LogP contribution in [0.3, 0.4) is 0 Å². The molecule has 1 unspecified atom stereocenters. The number of carbonyl (C=O) groups is 1. The second-order valence-corrected chi connectivity index (χ2v) is 4.24. The van der Waals surface area contributed by atoms with Gasteiger partial charge in [0.2, 0.25) is 0 Å². The predicted octanol–water partition coefficient (Wildman–Crippen LogP) is 1.37. The molecule has 0 aromatic rings. The normalized spacial score (nSPS) is 20.5. The van der Waals surface area contributed by atoms with E-state index in [0.717, 1.165) is 25.0 Å². The van der Waals surface area contributed by atoms with E-state index in [0.29, 0.717) is 13.0 Å². The minimum absolute atomic E-state index is 0.183. The lowest BCUT2D eigenvalue weighted by molar-refractivity contribution is -0.114. The minimum atomic E-state index is -0.665. The summed E-state index contributed by atoms with van der Waals surface area (Å²) in [7, 11) is 0. The Hall–Kier alpha value is -0.830. The largest absolute Gasteiger partial charge is 0.388 e. The van der Waals surface area contributed by atoms with E-state index in [9.17, 15) is 9.90 Å². The maximum Gasteiger partial charge on any atom is 0.157 e. The Morgan fingerprint density at radius 2 is 2.29 bits per heavy atom. The van der Waals surface area contributed by atoms with Crippen LogP contribution in [0, 0.1) is 0 Å². The maximum atomic E-state index is 10.9. The summed E-state index contributed by atoms with van der Waals surface area (Å²) in [6.07, 6.45) is 4.79. The molecule has 0 heterocycles. The predicted molar refractivity (Wildman–Crippen MR) is 55.9 cm³/mol. The van der Waals surface area contributed by atoms with Gasteiger partial charge in [-0.05, 0) is 19.8 Å². The zero-order valence-electron chi connectivity index (χ0n) is 8.97. The molecule has 0 saturated carbocycles. The van der Waals surface area contributed by atoms with Crippen LogP contribution in [0.5, 0.6) is 0 Å². The molecule has 1 aliphatic rings. The third kappa shape index (κ3) is 3.50. The van der Waals surface area contributed by atoms with Crippen molar-refractivity contribution in [2.45, 2.75) is 45.1 Å². The van der Waals surface area contributed by atoms with Crippen LogP contribution in [-0.4, -0.2) is 23.0 Å². The van der Waals surface area contributed by atoms with Gasteiger partial charge in [0.1, 0.15) is 0 Å². The van der Waals surface area contributed by atoms with Crippen molar-refractivity contribution in [3.05, 3.63) is 11.8 Å². The van der Waals surface area contributed by atoms with Gasteiger partial charge in [-0.1, -0.05) is 13.3 Å². The lowest BCUT2D eigenvalue weighted by Crippen LogP contribution is -2.37. The van der Waals surface area contributed by atoms with Crippen LogP contribution in [0.4, 0.5) is 0 Å². The molecule has 0 aliphatic heterocycles. The van der Waals surface area contributed by atoms with E-state index >= 15 is 0 Å². The smallest absolute Gasteiger partial charge is 0.157 e. The first-order valence-corrected chi connectivity index (χ1v) is 5.23. The van der Waals surface area contributed by atoms with Crippen LogP contribution < -0.4 is 5.32 Å². The molecule has 0 fully saturated rings. The molecule has 0 bridgehead atoms. The lowest BCUT2D eigenvalue weighted by Gasteiger charge is -2.23. The number of nitrogens with one attached hydrogen (secondary N) is 1. The molecule has 2 N–H and O–H groups in total. The molecule has 0 aromatic carbocycles. The summed E-state index contributed by atoms with van der Waals surface area (Å²) in [6, 6.07) is 0. The van der Waals surface area contributed by atoms with Crippen LogP contribution in [0.25, 0.3) is 0 Å². The molecular formula is C11H19NO2. The molecule has 3 nitrogen and oxygen atoms in total. The summed E-state index contributed by atoms with van der Waals surface area (Å²) >= 11 is 0. The molecule has 3 heteroatoms. The highest BCUT2D eigenvalue weighted by Crippen LogP contribution is 2.15. The number of hydrogen-bond acceptors (Lipinski definition) is 3. The molecule has 0 radical (unpaired) electrons. The van der Waals surface area contributed by atoms with Crippen molar-refractivity contribution in [1.82, 2.24) is 5.32 Å². The molecule has 0 spiro atoms. The van der Waals surface area contributed by atoms with Gasteiger partial charge in [0.05, 0.1) is 5.60 Å². The van der Waals surface area contributed by atoms with Gasteiger partial charge in [0.15, 0.2) is 5.78 Å². The quantitative estimate of drug-likeness (QED) is 0.700. The summed E-state index contributed by atoms with van der Waals surface area (Å²) in [4.78, 5) is 10.9. The Bertz CT molecular complexity index is 244. The second kappa shape index (κ2) is 4.60. The monoisotopic (exact) mass is 197 g/mol. The molecule has 80 valence electrons. The number of carbonyl (C=O) groups excluding carboxylic acids is 1. The average molecular weight is 197 g/mol. The van der Waals surface area contributed by atoms with Crippen LogP contribution in [0.1, 0.15) is 39.5 Å². The van der Waals surface area contributed by atoms with E-state index in [1.807, 2.05) is 13.8 Å². The zero-order chi connectivity index (χ0) is 10.6. The fraction of sp³-hybridized carbons (Fsp3) is 0.727. The first-order chi connectivity index (χ1) is 6.53. The highest BCUT2D eigenvalue weighted by atomic mass is 16.3. The maximum absolute atomic E-state index is 10.9. The standard InChI is InChI=1S/C11H19NO2/c1-3-6-11(2,14)8-12-9-4-5-10(13)7-9/h7,12,14H,3-6,8H2,1-2H3. The Morgan fingerprint density at radius 1 is 1.57 bits per heavy atom. The van der Waals surface area contributed by atoms with Crippen molar-refractivity contribution in [3.63, 3.8) is 0 Å². The van der Waals surface area contributed by atoms with Gasteiger partial charge in [0, 0.05) is 24.7 Å². The van der Waals surface area contributed by atoms with Crippen LogP contribution >= 0.6 is 0 Å². The summed E-state index contributed by atoms with van der Waals surface area (Å²) < 4.78 is 0. The van der Waals surface area contributed by atoms with E-state index in [-0.39, 0.29) is 5.78 Å². The fourth-order valence-corrected chi connectivity index (χ4v) is 1.67. The van der Waals surface area contributed by atoms with Gasteiger partial charge in [-0.15, -0.1) is 0 Å². The highest BCUT2D eigenvalue weighted by Gasteiger charge is 2.20. The minimum Gasteiger partial charge on any atom is -0.388 e. The Labute approximate surface area is 85.2 Å². The average Bonchev–Trinajstić information content (AvgIpc) is 2.48. The Balaban J connectivity index is 2.33. The fourth-order valence-electron chi connectivity index (χ4n) is 1.67. The second-order valence-electron chi connectivity index (χ2n) is 4.24. The van der Waals surface area contributed by atoms with E-state index in [2.05, 4.69) is 5.32 Å².